The fourth-order valence-electron chi connectivity index (χ4n) is 2.52. The quantitative estimate of drug-likeness (QED) is 0.670. The first-order valence-corrected chi connectivity index (χ1v) is 7.64. The summed E-state index contributed by atoms with van der Waals surface area (Å²) >= 11 is 11.6. The average Bonchev–Trinajstić information content (AvgIpc) is 2.85. The Hall–Kier alpha value is -2.37. The molecule has 4 nitrogen and oxygen atoms in total. The van der Waals surface area contributed by atoms with Crippen LogP contribution >= 0.6 is 23.2 Å². The van der Waals surface area contributed by atoms with Crippen molar-refractivity contribution in [3.05, 3.63) is 69.1 Å². The molecular weight excluding hydrogens is 356 g/mol. The lowest BCUT2D eigenvalue weighted by Crippen LogP contribution is -2.08. The summed E-state index contributed by atoms with van der Waals surface area (Å²) in [6.07, 6.45) is -0.421. The first kappa shape index (κ1) is 16.5. The first-order valence-electron chi connectivity index (χ1n) is 6.88. The second-order valence-electron chi connectivity index (χ2n) is 5.20. The highest BCUT2D eigenvalue weighted by Crippen LogP contribution is 2.29. The van der Waals surface area contributed by atoms with Crippen LogP contribution in [-0.4, -0.2) is 21.8 Å². The number of carbonyl (C=O) groups is 2. The summed E-state index contributed by atoms with van der Waals surface area (Å²) in [6.45, 7) is 0. The van der Waals surface area contributed by atoms with Crippen molar-refractivity contribution in [2.24, 2.45) is 0 Å². The molecule has 1 heterocycles. The first-order chi connectivity index (χ1) is 11.4. The van der Waals surface area contributed by atoms with Crippen LogP contribution in [0.15, 0.2) is 36.4 Å². The summed E-state index contributed by atoms with van der Waals surface area (Å²) in [5.74, 6) is -2.22. The Balaban J connectivity index is 2.20. The number of ketones is 1. The van der Waals surface area contributed by atoms with Gasteiger partial charge >= 0.3 is 5.97 Å². The number of rotatable bonds is 4. The fourth-order valence-corrected chi connectivity index (χ4v) is 2.81. The van der Waals surface area contributed by atoms with Gasteiger partial charge in [-0.05, 0) is 36.4 Å². The van der Waals surface area contributed by atoms with Crippen molar-refractivity contribution in [2.75, 3.05) is 0 Å². The van der Waals surface area contributed by atoms with Crippen LogP contribution in [0, 0.1) is 5.82 Å². The summed E-state index contributed by atoms with van der Waals surface area (Å²) < 4.78 is 13.8. The molecule has 1 aromatic heterocycles. The number of carbonyl (C=O) groups excluding carboxylic acids is 1. The van der Waals surface area contributed by atoms with Crippen LogP contribution in [-0.2, 0) is 11.2 Å². The minimum Gasteiger partial charge on any atom is -0.481 e. The average molecular weight is 366 g/mol. The summed E-state index contributed by atoms with van der Waals surface area (Å²) in [4.78, 5) is 26.7. The van der Waals surface area contributed by atoms with Gasteiger partial charge in [-0.15, -0.1) is 0 Å². The van der Waals surface area contributed by atoms with Crippen LogP contribution in [0.4, 0.5) is 4.39 Å². The summed E-state index contributed by atoms with van der Waals surface area (Å²) in [5, 5.41) is 9.80. The van der Waals surface area contributed by atoms with E-state index in [-0.39, 0.29) is 16.3 Å². The maximum atomic E-state index is 13.8. The molecule has 0 atom stereocenters. The van der Waals surface area contributed by atoms with Gasteiger partial charge < -0.3 is 10.1 Å². The minimum atomic E-state index is -1.13. The topological polar surface area (TPSA) is 70.2 Å². The van der Waals surface area contributed by atoms with Crippen molar-refractivity contribution in [3.8, 4) is 0 Å². The Morgan fingerprint density at radius 1 is 1.12 bits per heavy atom. The Bertz CT molecular complexity index is 964. The molecule has 0 unspecified atom stereocenters. The number of carboxylic acid groups (broad SMARTS) is 1. The molecule has 3 aromatic rings. The van der Waals surface area contributed by atoms with E-state index >= 15 is 0 Å². The van der Waals surface area contributed by atoms with Crippen molar-refractivity contribution in [3.63, 3.8) is 0 Å². The molecule has 0 aliphatic heterocycles. The molecule has 24 heavy (non-hydrogen) atoms. The van der Waals surface area contributed by atoms with Gasteiger partial charge in [0.1, 0.15) is 5.82 Å². The molecule has 0 spiro atoms. The summed E-state index contributed by atoms with van der Waals surface area (Å²) in [7, 11) is 0. The lowest BCUT2D eigenvalue weighted by Gasteiger charge is -2.03. The highest BCUT2D eigenvalue weighted by molar-refractivity contribution is 6.31. The van der Waals surface area contributed by atoms with Gasteiger partial charge in [-0.1, -0.05) is 23.2 Å². The number of aromatic nitrogens is 1. The molecule has 122 valence electrons. The van der Waals surface area contributed by atoms with Gasteiger partial charge in [-0.3, -0.25) is 9.59 Å². The smallest absolute Gasteiger partial charge is 0.307 e. The Kier molecular flexibility index (Phi) is 4.30. The molecule has 2 N–H and O–H groups in total. The largest absolute Gasteiger partial charge is 0.481 e. The number of fused-ring (bicyclic) bond motifs is 1. The van der Waals surface area contributed by atoms with Gasteiger partial charge in [0.05, 0.1) is 17.1 Å². The van der Waals surface area contributed by atoms with Crippen LogP contribution in [0.1, 0.15) is 21.6 Å². The lowest BCUT2D eigenvalue weighted by atomic mass is 10.0. The maximum absolute atomic E-state index is 13.8. The number of aromatic amines is 1. The van der Waals surface area contributed by atoms with Gasteiger partial charge in [0.15, 0.2) is 0 Å². The number of halogens is 3. The molecule has 0 saturated heterocycles. The third-order valence-electron chi connectivity index (χ3n) is 3.61. The second-order valence-corrected chi connectivity index (χ2v) is 6.04. The van der Waals surface area contributed by atoms with Crippen LogP contribution in [0.25, 0.3) is 10.9 Å². The predicted octanol–water partition coefficient (Wildman–Crippen LogP) is 4.47. The fraction of sp³-hybridized carbons (Fsp3) is 0.0588. The van der Waals surface area contributed by atoms with Crippen LogP contribution in [0.5, 0.6) is 0 Å². The lowest BCUT2D eigenvalue weighted by molar-refractivity contribution is -0.136. The highest BCUT2D eigenvalue weighted by Gasteiger charge is 2.22. The van der Waals surface area contributed by atoms with Crippen molar-refractivity contribution in [1.82, 2.24) is 4.98 Å². The van der Waals surface area contributed by atoms with Crippen molar-refractivity contribution in [1.29, 1.82) is 0 Å². The third kappa shape index (κ3) is 3.00. The van der Waals surface area contributed by atoms with Crippen LogP contribution < -0.4 is 0 Å². The molecule has 7 heteroatoms. The number of hydrogen-bond donors (Lipinski definition) is 2. The van der Waals surface area contributed by atoms with E-state index in [2.05, 4.69) is 4.98 Å². The molecule has 0 radical (unpaired) electrons. The monoisotopic (exact) mass is 365 g/mol. The zero-order chi connectivity index (χ0) is 17.4. The van der Waals surface area contributed by atoms with Crippen molar-refractivity contribution < 1.29 is 19.1 Å². The van der Waals surface area contributed by atoms with E-state index in [9.17, 15) is 14.0 Å². The number of hydrogen-bond acceptors (Lipinski definition) is 2. The SMILES string of the molecule is O=C(O)Cc1c(C(=O)c2ccc(Cl)cc2)[nH]c2cc(Cl)c(F)cc12. The minimum absolute atomic E-state index is 0.0939. The summed E-state index contributed by atoms with van der Waals surface area (Å²) in [5.41, 5.74) is 1.04. The third-order valence-corrected chi connectivity index (χ3v) is 4.15. The molecular formula is C17H10Cl2FNO3. The molecule has 2 aromatic carbocycles. The molecule has 0 aliphatic rings. The Labute approximate surface area is 145 Å². The van der Waals surface area contributed by atoms with E-state index in [0.717, 1.165) is 6.07 Å². The molecule has 0 bridgehead atoms. The molecule has 0 aliphatic carbocycles. The standard InChI is InChI=1S/C17H10Cl2FNO3/c18-9-3-1-8(2-4-9)17(24)16-11(6-15(22)23)10-5-13(20)12(19)7-14(10)21-16/h1-5,7,21H,6H2,(H,22,23). The normalized spacial score (nSPS) is 11.0. The molecule has 3 rings (SSSR count). The number of carboxylic acids is 1. The van der Waals surface area contributed by atoms with Crippen LogP contribution in [0.2, 0.25) is 10.0 Å². The molecule has 0 fully saturated rings. The van der Waals surface area contributed by atoms with Crippen molar-refractivity contribution in [2.45, 2.75) is 6.42 Å². The van der Waals surface area contributed by atoms with E-state index < -0.39 is 24.0 Å². The van der Waals surface area contributed by atoms with Crippen LogP contribution in [0.3, 0.4) is 0 Å². The van der Waals surface area contributed by atoms with Gasteiger partial charge in [-0.25, -0.2) is 4.39 Å². The summed E-state index contributed by atoms with van der Waals surface area (Å²) in [6, 6.07) is 8.65. The number of H-pyrrole nitrogens is 1. The number of benzene rings is 2. The van der Waals surface area contributed by atoms with E-state index in [1.165, 1.54) is 18.2 Å². The van der Waals surface area contributed by atoms with E-state index in [1.807, 2.05) is 0 Å². The van der Waals surface area contributed by atoms with Gasteiger partial charge in [-0.2, -0.15) is 0 Å². The Morgan fingerprint density at radius 3 is 2.42 bits per heavy atom. The van der Waals surface area contributed by atoms with Gasteiger partial charge in [0, 0.05) is 27.1 Å². The van der Waals surface area contributed by atoms with Gasteiger partial charge in [0.2, 0.25) is 5.78 Å². The molecule has 0 amide bonds. The zero-order valence-corrected chi connectivity index (χ0v) is 13.6. The maximum Gasteiger partial charge on any atom is 0.307 e. The van der Waals surface area contributed by atoms with Crippen molar-refractivity contribution >= 4 is 45.9 Å². The zero-order valence-electron chi connectivity index (χ0n) is 12.1. The highest BCUT2D eigenvalue weighted by atomic mass is 35.5. The second kappa shape index (κ2) is 6.26. The number of nitrogens with one attached hydrogen (secondary N) is 1. The van der Waals surface area contributed by atoms with E-state index in [0.29, 0.717) is 21.5 Å². The predicted molar refractivity (Wildman–Crippen MR) is 89.5 cm³/mol. The van der Waals surface area contributed by atoms with Gasteiger partial charge in [0.25, 0.3) is 0 Å². The Morgan fingerprint density at radius 2 is 1.79 bits per heavy atom. The number of aliphatic carboxylic acids is 1. The molecule has 0 saturated carbocycles. The van der Waals surface area contributed by atoms with E-state index in [1.54, 1.807) is 12.1 Å². The van der Waals surface area contributed by atoms with E-state index in [4.69, 9.17) is 28.3 Å².